The average Bonchev–Trinajstić information content (AvgIpc) is 2.59. The van der Waals surface area contributed by atoms with Crippen molar-refractivity contribution in [2.75, 3.05) is 0 Å². The van der Waals surface area contributed by atoms with E-state index < -0.39 is 23.6 Å². The van der Waals surface area contributed by atoms with Crippen LogP contribution in [0.15, 0.2) is 54.6 Å². The van der Waals surface area contributed by atoms with Gasteiger partial charge in [-0.25, -0.2) is 0 Å². The summed E-state index contributed by atoms with van der Waals surface area (Å²) in [6, 6.07) is 15.5. The average molecular weight is 310 g/mol. The predicted octanol–water partition coefficient (Wildman–Crippen LogP) is 1.46. The minimum atomic E-state index is -1.24. The lowest BCUT2D eigenvalue weighted by Crippen LogP contribution is -2.47. The Morgan fingerprint density at radius 1 is 1.04 bits per heavy atom. The molecule has 0 saturated heterocycles. The Morgan fingerprint density at radius 2 is 1.70 bits per heavy atom. The van der Waals surface area contributed by atoms with Crippen LogP contribution in [0.3, 0.4) is 0 Å². The Morgan fingerprint density at radius 3 is 2.43 bits per heavy atom. The van der Waals surface area contributed by atoms with Crippen LogP contribution in [-0.4, -0.2) is 28.0 Å². The summed E-state index contributed by atoms with van der Waals surface area (Å²) in [5.41, 5.74) is 1.34. The summed E-state index contributed by atoms with van der Waals surface area (Å²) < 4.78 is 0. The molecule has 1 aliphatic rings. The molecular formula is C17H14N2O4. The molecule has 116 valence electrons. The maximum absolute atomic E-state index is 12.4. The van der Waals surface area contributed by atoms with E-state index in [1.165, 1.54) is 6.07 Å². The topological polar surface area (TPSA) is 86.7 Å². The van der Waals surface area contributed by atoms with Crippen LogP contribution in [0, 0.1) is 0 Å². The second kappa shape index (κ2) is 6.02. The monoisotopic (exact) mass is 310 g/mol. The molecule has 1 heterocycles. The number of imide groups is 1. The molecule has 0 spiro atoms. The number of hydrogen-bond acceptors (Lipinski definition) is 4. The van der Waals surface area contributed by atoms with E-state index in [0.717, 1.165) is 5.56 Å². The van der Waals surface area contributed by atoms with Gasteiger partial charge in [-0.1, -0.05) is 48.5 Å². The summed E-state index contributed by atoms with van der Waals surface area (Å²) in [6.07, 6.45) is 0. The molecule has 3 amide bonds. The van der Waals surface area contributed by atoms with Crippen LogP contribution in [0.4, 0.5) is 0 Å². The smallest absolute Gasteiger partial charge is 0.284 e. The van der Waals surface area contributed by atoms with Gasteiger partial charge in [-0.15, -0.1) is 0 Å². The number of amides is 3. The molecule has 1 atom stereocenters. The van der Waals surface area contributed by atoms with Crippen LogP contribution in [0.2, 0.25) is 0 Å². The zero-order valence-electron chi connectivity index (χ0n) is 12.1. The van der Waals surface area contributed by atoms with Crippen LogP contribution in [0.1, 0.15) is 27.4 Å². The molecule has 1 unspecified atom stereocenters. The second-order valence-corrected chi connectivity index (χ2v) is 5.18. The van der Waals surface area contributed by atoms with E-state index >= 15 is 0 Å². The molecule has 23 heavy (non-hydrogen) atoms. The first kappa shape index (κ1) is 14.9. The van der Waals surface area contributed by atoms with Gasteiger partial charge in [-0.3, -0.25) is 19.6 Å². The van der Waals surface area contributed by atoms with Gasteiger partial charge >= 0.3 is 0 Å². The van der Waals surface area contributed by atoms with E-state index in [0.29, 0.717) is 5.56 Å². The molecule has 0 aliphatic carbocycles. The highest BCUT2D eigenvalue weighted by Gasteiger charge is 2.42. The third kappa shape index (κ3) is 2.72. The lowest BCUT2D eigenvalue weighted by atomic mass is 9.88. The molecule has 0 radical (unpaired) electrons. The van der Waals surface area contributed by atoms with E-state index in [1.54, 1.807) is 18.2 Å². The number of carbonyl (C=O) groups is 3. The summed E-state index contributed by atoms with van der Waals surface area (Å²) in [5, 5.41) is 12.3. The number of fused-ring (bicyclic) bond motifs is 1. The summed E-state index contributed by atoms with van der Waals surface area (Å²) >= 11 is 0. The minimum absolute atomic E-state index is 0.00902. The van der Waals surface area contributed by atoms with E-state index in [1.807, 2.05) is 30.3 Å². The number of benzene rings is 2. The first-order valence-electron chi connectivity index (χ1n) is 7.07. The summed E-state index contributed by atoms with van der Waals surface area (Å²) in [5.74, 6) is -3.56. The van der Waals surface area contributed by atoms with Crippen LogP contribution in [0.25, 0.3) is 0 Å². The van der Waals surface area contributed by atoms with Crippen molar-refractivity contribution in [2.24, 2.45) is 0 Å². The Labute approximate surface area is 132 Å². The first-order chi connectivity index (χ1) is 11.1. The van der Waals surface area contributed by atoms with Crippen molar-refractivity contribution in [1.29, 1.82) is 0 Å². The van der Waals surface area contributed by atoms with Crippen molar-refractivity contribution in [3.63, 3.8) is 0 Å². The number of nitrogens with one attached hydrogen (secondary N) is 1. The third-order valence-electron chi connectivity index (χ3n) is 3.72. The van der Waals surface area contributed by atoms with Crippen molar-refractivity contribution in [3.05, 3.63) is 71.3 Å². The van der Waals surface area contributed by atoms with Gasteiger partial charge in [0.1, 0.15) is 5.92 Å². The Hall–Kier alpha value is -2.99. The fourth-order valence-electron chi connectivity index (χ4n) is 2.55. The van der Waals surface area contributed by atoms with Gasteiger partial charge in [0.25, 0.3) is 11.8 Å². The fraction of sp³-hybridized carbons (Fsp3) is 0.118. The molecule has 0 fully saturated rings. The largest absolute Gasteiger partial charge is 0.351 e. The zero-order valence-corrected chi connectivity index (χ0v) is 12.1. The number of hydroxylamine groups is 2. The number of carbonyl (C=O) groups excluding carboxylic acids is 3. The van der Waals surface area contributed by atoms with Gasteiger partial charge < -0.3 is 5.32 Å². The summed E-state index contributed by atoms with van der Waals surface area (Å²) in [4.78, 5) is 36.5. The van der Waals surface area contributed by atoms with Gasteiger partial charge in [0.05, 0.1) is 0 Å². The van der Waals surface area contributed by atoms with E-state index in [9.17, 15) is 19.6 Å². The van der Waals surface area contributed by atoms with Crippen LogP contribution in [-0.2, 0) is 16.1 Å². The van der Waals surface area contributed by atoms with Gasteiger partial charge in [-0.05, 0) is 17.2 Å². The standard InChI is InChI=1S/C17H14N2O4/c20-15(18-10-11-6-2-1-3-7-11)14-12-8-4-5-9-13(12)16(21)19(23)17(14)22/h1-9,14,23H,10H2,(H,18,20). The SMILES string of the molecule is O=C(NCc1ccccc1)C1C(=O)N(O)C(=O)c2ccccc21. The van der Waals surface area contributed by atoms with E-state index in [-0.39, 0.29) is 17.2 Å². The molecule has 2 aromatic rings. The predicted molar refractivity (Wildman–Crippen MR) is 80.4 cm³/mol. The van der Waals surface area contributed by atoms with Crippen molar-refractivity contribution in [2.45, 2.75) is 12.5 Å². The van der Waals surface area contributed by atoms with E-state index in [2.05, 4.69) is 5.32 Å². The lowest BCUT2D eigenvalue weighted by Gasteiger charge is -2.27. The normalized spacial score (nSPS) is 16.9. The summed E-state index contributed by atoms with van der Waals surface area (Å²) in [6.45, 7) is 0.255. The quantitative estimate of drug-likeness (QED) is 0.510. The Balaban J connectivity index is 1.86. The zero-order chi connectivity index (χ0) is 16.4. The molecule has 0 bridgehead atoms. The van der Waals surface area contributed by atoms with Crippen molar-refractivity contribution >= 4 is 17.7 Å². The lowest BCUT2D eigenvalue weighted by molar-refractivity contribution is -0.158. The van der Waals surface area contributed by atoms with Gasteiger partial charge in [-0.2, -0.15) is 5.06 Å². The highest BCUT2D eigenvalue weighted by molar-refractivity contribution is 6.18. The van der Waals surface area contributed by atoms with E-state index in [4.69, 9.17) is 0 Å². The molecular weight excluding hydrogens is 296 g/mol. The highest BCUT2D eigenvalue weighted by Crippen LogP contribution is 2.28. The molecule has 0 aromatic heterocycles. The first-order valence-corrected chi connectivity index (χ1v) is 7.07. The number of rotatable bonds is 3. The molecule has 2 N–H and O–H groups in total. The maximum atomic E-state index is 12.4. The van der Waals surface area contributed by atoms with Gasteiger partial charge in [0.2, 0.25) is 5.91 Å². The number of nitrogens with zero attached hydrogens (tertiary/aromatic N) is 1. The number of hydrogen-bond donors (Lipinski definition) is 2. The van der Waals surface area contributed by atoms with Crippen molar-refractivity contribution in [1.82, 2.24) is 10.4 Å². The van der Waals surface area contributed by atoms with Crippen molar-refractivity contribution in [3.8, 4) is 0 Å². The molecule has 6 heteroatoms. The highest BCUT2D eigenvalue weighted by atomic mass is 16.5. The molecule has 2 aromatic carbocycles. The van der Waals surface area contributed by atoms with Crippen molar-refractivity contribution < 1.29 is 19.6 Å². The van der Waals surface area contributed by atoms with Gasteiger partial charge in [0.15, 0.2) is 0 Å². The molecule has 1 aliphatic heterocycles. The maximum Gasteiger partial charge on any atom is 0.284 e. The third-order valence-corrected chi connectivity index (χ3v) is 3.72. The Kier molecular flexibility index (Phi) is 3.91. The van der Waals surface area contributed by atoms with Crippen LogP contribution in [0.5, 0.6) is 0 Å². The minimum Gasteiger partial charge on any atom is -0.351 e. The van der Waals surface area contributed by atoms with Crippen LogP contribution < -0.4 is 5.32 Å². The van der Waals surface area contributed by atoms with Crippen LogP contribution >= 0.6 is 0 Å². The van der Waals surface area contributed by atoms with Gasteiger partial charge in [0, 0.05) is 12.1 Å². The molecule has 0 saturated carbocycles. The molecule has 6 nitrogen and oxygen atoms in total. The second-order valence-electron chi connectivity index (χ2n) is 5.18. The fourth-order valence-corrected chi connectivity index (χ4v) is 2.55. The Bertz CT molecular complexity index is 773. The summed E-state index contributed by atoms with van der Waals surface area (Å²) in [7, 11) is 0. The molecule has 3 rings (SSSR count).